The Morgan fingerprint density at radius 1 is 1.44 bits per heavy atom. The Kier molecular flexibility index (Phi) is 8.02. The largest absolute Gasteiger partial charge is 0.480 e. The van der Waals surface area contributed by atoms with E-state index in [1.54, 1.807) is 0 Å². The topological polar surface area (TPSA) is 92.4 Å². The van der Waals surface area contributed by atoms with Gasteiger partial charge in [0.1, 0.15) is 5.54 Å². The predicted octanol–water partition coefficient (Wildman–Crippen LogP) is 1.22. The molecular weight excluding hydrogens is 252 g/mol. The smallest absolute Gasteiger partial charge is 0.323 e. The van der Waals surface area contributed by atoms with E-state index in [2.05, 4.69) is 5.32 Å². The van der Waals surface area contributed by atoms with Gasteiger partial charge in [-0.2, -0.15) is 11.8 Å². The van der Waals surface area contributed by atoms with Crippen molar-refractivity contribution in [1.82, 2.24) is 5.32 Å². The first-order valence-corrected chi connectivity index (χ1v) is 7.36. The molecule has 4 N–H and O–H groups in total. The van der Waals surface area contributed by atoms with Crippen LogP contribution < -0.4 is 11.1 Å². The Bertz CT molecular complexity index is 284. The van der Waals surface area contributed by atoms with Crippen molar-refractivity contribution in [3.8, 4) is 0 Å². The third-order valence-electron chi connectivity index (χ3n) is 2.71. The highest BCUT2D eigenvalue weighted by atomic mass is 32.2. The third kappa shape index (κ3) is 6.26. The molecule has 0 fully saturated rings. The second kappa shape index (κ2) is 8.37. The lowest BCUT2D eigenvalue weighted by Crippen LogP contribution is -2.54. The van der Waals surface area contributed by atoms with E-state index in [9.17, 15) is 14.7 Å². The molecule has 0 aliphatic heterocycles. The number of thioether (sulfide) groups is 1. The molecule has 5 nitrogen and oxygen atoms in total. The Hall–Kier alpha value is -0.750. The van der Waals surface area contributed by atoms with Gasteiger partial charge >= 0.3 is 5.97 Å². The monoisotopic (exact) mass is 276 g/mol. The van der Waals surface area contributed by atoms with Gasteiger partial charge in [0, 0.05) is 6.04 Å². The van der Waals surface area contributed by atoms with Gasteiger partial charge in [-0.05, 0) is 38.9 Å². The average Bonchev–Trinajstić information content (AvgIpc) is 2.25. The number of nitrogens with two attached hydrogens (primary N) is 1. The summed E-state index contributed by atoms with van der Waals surface area (Å²) in [6.07, 6.45) is 1.85. The highest BCUT2D eigenvalue weighted by molar-refractivity contribution is 7.99. The zero-order valence-corrected chi connectivity index (χ0v) is 12.2. The molecule has 0 aliphatic rings. The number of amides is 1. The first-order chi connectivity index (χ1) is 8.34. The number of carbonyl (C=O) groups excluding carboxylic acids is 1. The fourth-order valence-electron chi connectivity index (χ4n) is 1.87. The fourth-order valence-corrected chi connectivity index (χ4v) is 2.57. The fraction of sp³-hybridized carbons (Fsp3) is 0.833. The second-order valence-corrected chi connectivity index (χ2v) is 5.77. The van der Waals surface area contributed by atoms with Crippen molar-refractivity contribution in [3.63, 3.8) is 0 Å². The van der Waals surface area contributed by atoms with Crippen LogP contribution in [-0.2, 0) is 9.59 Å². The molecule has 0 aromatic rings. The lowest BCUT2D eigenvalue weighted by atomic mass is 9.90. The van der Waals surface area contributed by atoms with Gasteiger partial charge in [-0.3, -0.25) is 14.9 Å². The highest BCUT2D eigenvalue weighted by Crippen LogP contribution is 2.20. The zero-order valence-electron chi connectivity index (χ0n) is 11.4. The number of carboxylic acids is 1. The maximum atomic E-state index is 11.4. The molecule has 18 heavy (non-hydrogen) atoms. The molecule has 0 rings (SSSR count). The summed E-state index contributed by atoms with van der Waals surface area (Å²) in [5.74, 6) is -0.0967. The van der Waals surface area contributed by atoms with E-state index < -0.39 is 11.5 Å². The van der Waals surface area contributed by atoms with Crippen LogP contribution in [0.2, 0.25) is 0 Å². The Morgan fingerprint density at radius 2 is 2.06 bits per heavy atom. The molecule has 6 heteroatoms. The molecule has 0 aromatic carbocycles. The summed E-state index contributed by atoms with van der Waals surface area (Å²) in [5, 5.41) is 12.5. The average molecular weight is 276 g/mol. The first kappa shape index (κ1) is 17.2. The van der Waals surface area contributed by atoms with Crippen LogP contribution in [0, 0.1) is 0 Å². The van der Waals surface area contributed by atoms with Crippen LogP contribution in [0.15, 0.2) is 0 Å². The van der Waals surface area contributed by atoms with Gasteiger partial charge < -0.3 is 10.8 Å². The van der Waals surface area contributed by atoms with Crippen molar-refractivity contribution in [3.05, 3.63) is 0 Å². The molecule has 0 aliphatic carbocycles. The normalized spacial score (nSPS) is 14.4. The van der Waals surface area contributed by atoms with Crippen molar-refractivity contribution in [1.29, 1.82) is 0 Å². The van der Waals surface area contributed by atoms with Gasteiger partial charge in [0.25, 0.3) is 0 Å². The zero-order chi connectivity index (χ0) is 14.2. The summed E-state index contributed by atoms with van der Waals surface area (Å²) in [7, 11) is 0. The van der Waals surface area contributed by atoms with E-state index in [0.29, 0.717) is 18.6 Å². The van der Waals surface area contributed by atoms with Crippen molar-refractivity contribution < 1.29 is 14.7 Å². The van der Waals surface area contributed by atoms with Gasteiger partial charge in [0.15, 0.2) is 0 Å². The molecule has 0 spiro atoms. The van der Waals surface area contributed by atoms with Gasteiger partial charge in [0.05, 0.1) is 5.75 Å². The van der Waals surface area contributed by atoms with Crippen molar-refractivity contribution in [2.45, 2.75) is 51.6 Å². The van der Waals surface area contributed by atoms with Gasteiger partial charge in [-0.25, -0.2) is 0 Å². The molecule has 0 aromatic heterocycles. The van der Waals surface area contributed by atoms with E-state index in [1.165, 1.54) is 11.8 Å². The molecule has 0 saturated carbocycles. The molecule has 1 amide bonds. The molecule has 0 saturated heterocycles. The maximum absolute atomic E-state index is 11.4. The van der Waals surface area contributed by atoms with Crippen LogP contribution in [-0.4, -0.2) is 40.1 Å². The molecule has 106 valence electrons. The minimum absolute atomic E-state index is 0.124. The van der Waals surface area contributed by atoms with Crippen LogP contribution in [0.4, 0.5) is 0 Å². The number of primary amides is 1. The standard InChI is InChI=1S/C12H24N2O3S/c1-4-12(11(16)17,14-9(2)3)6-5-7-18-8-10(13)15/h9,14H,4-8H2,1-3H3,(H2,13,15)(H,16,17). The Labute approximate surface area is 113 Å². The van der Waals surface area contributed by atoms with Crippen LogP contribution in [0.3, 0.4) is 0 Å². The molecule has 0 heterocycles. The lowest BCUT2D eigenvalue weighted by molar-refractivity contribution is -0.145. The number of carbonyl (C=O) groups is 2. The van der Waals surface area contributed by atoms with E-state index in [1.807, 2.05) is 20.8 Å². The maximum Gasteiger partial charge on any atom is 0.323 e. The van der Waals surface area contributed by atoms with Crippen LogP contribution in [0.25, 0.3) is 0 Å². The van der Waals surface area contributed by atoms with Crippen molar-refractivity contribution >= 4 is 23.6 Å². The number of hydrogen-bond donors (Lipinski definition) is 3. The molecular formula is C12H24N2O3S. The number of carboxylic acid groups (broad SMARTS) is 1. The summed E-state index contributed by atoms with van der Waals surface area (Å²) in [6, 6.07) is 0.124. The number of rotatable bonds is 10. The van der Waals surface area contributed by atoms with E-state index >= 15 is 0 Å². The van der Waals surface area contributed by atoms with Gasteiger partial charge in [0.2, 0.25) is 5.91 Å². The summed E-state index contributed by atoms with van der Waals surface area (Å²) >= 11 is 1.45. The van der Waals surface area contributed by atoms with Gasteiger partial charge in [-0.1, -0.05) is 6.92 Å². The van der Waals surface area contributed by atoms with Crippen LogP contribution in [0.5, 0.6) is 0 Å². The molecule has 1 unspecified atom stereocenters. The highest BCUT2D eigenvalue weighted by Gasteiger charge is 2.36. The van der Waals surface area contributed by atoms with E-state index in [4.69, 9.17) is 5.73 Å². The predicted molar refractivity (Wildman–Crippen MR) is 74.7 cm³/mol. The van der Waals surface area contributed by atoms with Crippen LogP contribution in [0.1, 0.15) is 40.0 Å². The molecule has 1 atom stereocenters. The van der Waals surface area contributed by atoms with Crippen molar-refractivity contribution in [2.24, 2.45) is 5.73 Å². The lowest BCUT2D eigenvalue weighted by Gasteiger charge is -2.31. The first-order valence-electron chi connectivity index (χ1n) is 6.21. The summed E-state index contributed by atoms with van der Waals surface area (Å²) in [6.45, 7) is 5.75. The Balaban J connectivity index is 4.24. The Morgan fingerprint density at radius 3 is 2.44 bits per heavy atom. The SMILES string of the molecule is CCC(CCCSCC(N)=O)(NC(C)C)C(=O)O. The molecule has 0 radical (unpaired) electrons. The number of nitrogens with one attached hydrogen (secondary N) is 1. The third-order valence-corrected chi connectivity index (χ3v) is 3.78. The summed E-state index contributed by atoms with van der Waals surface area (Å²) in [4.78, 5) is 22.0. The van der Waals surface area contributed by atoms with E-state index in [-0.39, 0.29) is 11.9 Å². The van der Waals surface area contributed by atoms with E-state index in [0.717, 1.165) is 12.2 Å². The van der Waals surface area contributed by atoms with Gasteiger partial charge in [-0.15, -0.1) is 0 Å². The van der Waals surface area contributed by atoms with Crippen LogP contribution >= 0.6 is 11.8 Å². The molecule has 0 bridgehead atoms. The van der Waals surface area contributed by atoms with Crippen molar-refractivity contribution in [2.75, 3.05) is 11.5 Å². The minimum Gasteiger partial charge on any atom is -0.480 e. The summed E-state index contributed by atoms with van der Waals surface area (Å²) in [5.41, 5.74) is 4.17. The summed E-state index contributed by atoms with van der Waals surface area (Å²) < 4.78 is 0. The quantitative estimate of drug-likeness (QED) is 0.522. The number of aliphatic carboxylic acids is 1. The number of hydrogen-bond acceptors (Lipinski definition) is 4. The second-order valence-electron chi connectivity index (χ2n) is 4.66. The minimum atomic E-state index is -0.860.